The second-order valence-corrected chi connectivity index (χ2v) is 4.93. The van der Waals surface area contributed by atoms with Gasteiger partial charge in [0.25, 0.3) is 0 Å². The molecule has 2 unspecified atom stereocenters. The molecule has 2 atom stereocenters. The molecule has 1 aromatic rings. The Labute approximate surface area is 118 Å². The molecule has 1 aliphatic rings. The molecule has 6 heteroatoms. The average molecular weight is 276 g/mol. The highest BCUT2D eigenvalue weighted by atomic mass is 16.2. The van der Waals surface area contributed by atoms with Gasteiger partial charge in [-0.05, 0) is 12.5 Å². The lowest BCUT2D eigenvalue weighted by atomic mass is 9.96. The van der Waals surface area contributed by atoms with Crippen molar-refractivity contribution in [1.29, 1.82) is 0 Å². The van der Waals surface area contributed by atoms with E-state index in [2.05, 4.69) is 10.7 Å². The van der Waals surface area contributed by atoms with Crippen molar-refractivity contribution in [3.63, 3.8) is 0 Å². The number of hydrogen-bond donors (Lipinski definition) is 3. The smallest absolute Gasteiger partial charge is 0.242 e. The zero-order valence-corrected chi connectivity index (χ0v) is 11.5. The quantitative estimate of drug-likeness (QED) is 0.396. The van der Waals surface area contributed by atoms with Gasteiger partial charge in [0, 0.05) is 19.6 Å². The predicted molar refractivity (Wildman–Crippen MR) is 75.6 cm³/mol. The molecule has 2 rings (SSSR count). The third-order valence-corrected chi connectivity index (χ3v) is 3.70. The highest BCUT2D eigenvalue weighted by Crippen LogP contribution is 2.19. The van der Waals surface area contributed by atoms with Gasteiger partial charge in [-0.2, -0.15) is 0 Å². The van der Waals surface area contributed by atoms with E-state index in [-0.39, 0.29) is 23.8 Å². The summed E-state index contributed by atoms with van der Waals surface area (Å²) in [7, 11) is 0. The van der Waals surface area contributed by atoms with E-state index < -0.39 is 0 Å². The van der Waals surface area contributed by atoms with Gasteiger partial charge in [-0.3, -0.25) is 19.9 Å². The normalized spacial score (nSPS) is 21.1. The van der Waals surface area contributed by atoms with Crippen LogP contribution in [0.25, 0.3) is 0 Å². The minimum atomic E-state index is -0.380. The minimum Gasteiger partial charge on any atom is -0.353 e. The van der Waals surface area contributed by atoms with Crippen molar-refractivity contribution >= 4 is 11.8 Å². The second kappa shape index (κ2) is 6.49. The summed E-state index contributed by atoms with van der Waals surface area (Å²) in [6.45, 7) is 3.65. The molecule has 1 saturated heterocycles. The SMILES string of the molecule is CC1C(=O)NCCN1CC(C(=O)NN)c1ccccc1. The Morgan fingerprint density at radius 3 is 2.85 bits per heavy atom. The molecule has 108 valence electrons. The molecule has 1 heterocycles. The highest BCUT2D eigenvalue weighted by molar-refractivity contribution is 5.84. The van der Waals surface area contributed by atoms with Crippen LogP contribution >= 0.6 is 0 Å². The number of benzene rings is 1. The Bertz CT molecular complexity index is 477. The van der Waals surface area contributed by atoms with Crippen LogP contribution in [0, 0.1) is 0 Å². The Kier molecular flexibility index (Phi) is 4.70. The number of hydrazine groups is 1. The van der Waals surface area contributed by atoms with Gasteiger partial charge in [0.2, 0.25) is 11.8 Å². The Hall–Kier alpha value is -1.92. The molecule has 2 amide bonds. The van der Waals surface area contributed by atoms with Gasteiger partial charge in [-0.1, -0.05) is 30.3 Å². The first-order valence-corrected chi connectivity index (χ1v) is 6.70. The highest BCUT2D eigenvalue weighted by Gasteiger charge is 2.30. The van der Waals surface area contributed by atoms with Crippen molar-refractivity contribution in [1.82, 2.24) is 15.6 Å². The van der Waals surface area contributed by atoms with E-state index in [9.17, 15) is 9.59 Å². The Balaban J connectivity index is 2.16. The molecule has 0 bridgehead atoms. The van der Waals surface area contributed by atoms with Gasteiger partial charge in [-0.25, -0.2) is 5.84 Å². The van der Waals surface area contributed by atoms with Crippen molar-refractivity contribution in [3.8, 4) is 0 Å². The molecule has 0 aromatic heterocycles. The van der Waals surface area contributed by atoms with Crippen molar-refractivity contribution in [2.24, 2.45) is 5.84 Å². The number of carbonyl (C=O) groups excluding carboxylic acids is 2. The van der Waals surface area contributed by atoms with Gasteiger partial charge in [-0.15, -0.1) is 0 Å². The summed E-state index contributed by atoms with van der Waals surface area (Å²) in [6.07, 6.45) is 0. The van der Waals surface area contributed by atoms with Gasteiger partial charge < -0.3 is 5.32 Å². The van der Waals surface area contributed by atoms with E-state index in [4.69, 9.17) is 5.84 Å². The van der Waals surface area contributed by atoms with Crippen LogP contribution in [0.4, 0.5) is 0 Å². The van der Waals surface area contributed by atoms with E-state index in [0.29, 0.717) is 13.1 Å². The molecule has 0 radical (unpaired) electrons. The zero-order valence-electron chi connectivity index (χ0n) is 11.5. The largest absolute Gasteiger partial charge is 0.353 e. The molecule has 0 saturated carbocycles. The fourth-order valence-electron chi connectivity index (χ4n) is 2.44. The maximum Gasteiger partial charge on any atom is 0.242 e. The van der Waals surface area contributed by atoms with Crippen molar-refractivity contribution in [2.45, 2.75) is 18.9 Å². The molecular weight excluding hydrogens is 256 g/mol. The summed E-state index contributed by atoms with van der Waals surface area (Å²) >= 11 is 0. The summed E-state index contributed by atoms with van der Waals surface area (Å²) in [5.41, 5.74) is 3.11. The summed E-state index contributed by atoms with van der Waals surface area (Å²) in [5.74, 6) is 4.66. The van der Waals surface area contributed by atoms with Crippen molar-refractivity contribution < 1.29 is 9.59 Å². The van der Waals surface area contributed by atoms with Crippen LogP contribution in [0.5, 0.6) is 0 Å². The number of hydrogen-bond acceptors (Lipinski definition) is 4. The van der Waals surface area contributed by atoms with Crippen LogP contribution in [-0.2, 0) is 9.59 Å². The minimum absolute atomic E-state index is 0.00350. The Morgan fingerprint density at radius 1 is 1.50 bits per heavy atom. The number of nitrogens with one attached hydrogen (secondary N) is 2. The molecule has 1 aliphatic heterocycles. The first-order valence-electron chi connectivity index (χ1n) is 6.70. The monoisotopic (exact) mass is 276 g/mol. The van der Waals surface area contributed by atoms with Crippen LogP contribution in [0.1, 0.15) is 18.4 Å². The van der Waals surface area contributed by atoms with Crippen LogP contribution in [0.15, 0.2) is 30.3 Å². The van der Waals surface area contributed by atoms with E-state index in [0.717, 1.165) is 12.1 Å². The maximum absolute atomic E-state index is 12.0. The van der Waals surface area contributed by atoms with E-state index >= 15 is 0 Å². The summed E-state index contributed by atoms with van der Waals surface area (Å²) in [5, 5.41) is 2.81. The van der Waals surface area contributed by atoms with E-state index in [1.165, 1.54) is 0 Å². The van der Waals surface area contributed by atoms with E-state index in [1.807, 2.05) is 42.2 Å². The first kappa shape index (κ1) is 14.5. The van der Waals surface area contributed by atoms with Gasteiger partial charge in [0.05, 0.1) is 12.0 Å². The fraction of sp³-hybridized carbons (Fsp3) is 0.429. The number of nitrogens with two attached hydrogens (primary N) is 1. The molecule has 20 heavy (non-hydrogen) atoms. The number of carbonyl (C=O) groups is 2. The number of piperazine rings is 1. The second-order valence-electron chi connectivity index (χ2n) is 4.93. The van der Waals surface area contributed by atoms with Crippen molar-refractivity contribution in [2.75, 3.05) is 19.6 Å². The van der Waals surface area contributed by atoms with Crippen LogP contribution in [0.2, 0.25) is 0 Å². The third kappa shape index (κ3) is 3.15. The van der Waals surface area contributed by atoms with Crippen molar-refractivity contribution in [3.05, 3.63) is 35.9 Å². The third-order valence-electron chi connectivity index (χ3n) is 3.70. The lowest BCUT2D eigenvalue weighted by Gasteiger charge is -2.34. The standard InChI is InChI=1S/C14H20N4O2/c1-10-13(19)16-7-8-18(10)9-12(14(20)17-15)11-5-3-2-4-6-11/h2-6,10,12H,7-9,15H2,1H3,(H,16,19)(H,17,20). The molecule has 4 N–H and O–H groups in total. The Morgan fingerprint density at radius 2 is 2.20 bits per heavy atom. The molecular formula is C14H20N4O2. The van der Waals surface area contributed by atoms with Gasteiger partial charge >= 0.3 is 0 Å². The lowest BCUT2D eigenvalue weighted by molar-refractivity contribution is -0.130. The summed E-state index contributed by atoms with van der Waals surface area (Å²) in [6, 6.07) is 9.23. The molecule has 6 nitrogen and oxygen atoms in total. The average Bonchev–Trinajstić information content (AvgIpc) is 2.49. The number of nitrogens with zero attached hydrogens (tertiary/aromatic N) is 1. The summed E-state index contributed by atoms with van der Waals surface area (Å²) in [4.78, 5) is 25.7. The van der Waals surface area contributed by atoms with Crippen LogP contribution in [-0.4, -0.2) is 42.4 Å². The predicted octanol–water partition coefficient (Wildman–Crippen LogP) is -0.420. The zero-order chi connectivity index (χ0) is 14.5. The van der Waals surface area contributed by atoms with Gasteiger partial charge in [0.15, 0.2) is 0 Å². The fourth-order valence-corrected chi connectivity index (χ4v) is 2.44. The van der Waals surface area contributed by atoms with Crippen LogP contribution in [0.3, 0.4) is 0 Å². The molecule has 0 aliphatic carbocycles. The molecule has 1 aromatic carbocycles. The lowest BCUT2D eigenvalue weighted by Crippen LogP contribution is -2.55. The first-order chi connectivity index (χ1) is 9.63. The number of rotatable bonds is 4. The van der Waals surface area contributed by atoms with Crippen LogP contribution < -0.4 is 16.6 Å². The number of amides is 2. The molecule has 1 fully saturated rings. The van der Waals surface area contributed by atoms with E-state index in [1.54, 1.807) is 0 Å². The molecule has 0 spiro atoms. The summed E-state index contributed by atoms with van der Waals surface area (Å²) < 4.78 is 0. The maximum atomic E-state index is 12.0. The van der Waals surface area contributed by atoms with Gasteiger partial charge in [0.1, 0.15) is 0 Å². The topological polar surface area (TPSA) is 87.5 Å².